The average molecular weight is 366 g/mol. The number of nitrogens with zero attached hydrogens (tertiary/aromatic N) is 2. The van der Waals surface area contributed by atoms with E-state index in [1.165, 1.54) is 0 Å². The Labute approximate surface area is 152 Å². The highest BCUT2D eigenvalue weighted by atomic mass is 35.5. The molecule has 0 radical (unpaired) electrons. The Kier molecular flexibility index (Phi) is 7.36. The molecule has 1 saturated heterocycles. The van der Waals surface area contributed by atoms with E-state index >= 15 is 0 Å². The summed E-state index contributed by atoms with van der Waals surface area (Å²) in [5.74, 6) is -0.479. The maximum absolute atomic E-state index is 12.3. The molecular formula is C17H24ClN5O2. The van der Waals surface area contributed by atoms with Gasteiger partial charge >= 0.3 is 0 Å². The number of amides is 1. The molecule has 0 bridgehead atoms. The van der Waals surface area contributed by atoms with Gasteiger partial charge in [0, 0.05) is 20.1 Å². The number of hydrogen-bond donors (Lipinski definition) is 3. The molecule has 0 saturated carbocycles. The van der Waals surface area contributed by atoms with Crippen LogP contribution in [-0.4, -0.2) is 43.3 Å². The van der Waals surface area contributed by atoms with Crippen molar-refractivity contribution in [2.45, 2.75) is 25.9 Å². The predicted molar refractivity (Wildman–Crippen MR) is 99.8 cm³/mol. The minimum Gasteiger partial charge on any atom is -0.393 e. The number of nitrogens with two attached hydrogens (primary N) is 1. The molecule has 136 valence electrons. The second-order valence-corrected chi connectivity index (χ2v) is 6.02. The summed E-state index contributed by atoms with van der Waals surface area (Å²) in [7, 11) is 1.63. The number of ether oxygens (including phenoxy) is 1. The number of anilines is 1. The second-order valence-electron chi connectivity index (χ2n) is 5.64. The molecule has 8 heteroatoms. The van der Waals surface area contributed by atoms with Gasteiger partial charge in [-0.25, -0.2) is 0 Å². The highest BCUT2D eigenvalue weighted by Crippen LogP contribution is 2.19. The Hall–Kier alpha value is -1.96. The summed E-state index contributed by atoms with van der Waals surface area (Å²) in [6.07, 6.45) is 3.03. The van der Waals surface area contributed by atoms with Gasteiger partial charge in [0.2, 0.25) is 0 Å². The molecule has 1 aromatic rings. The van der Waals surface area contributed by atoms with E-state index in [2.05, 4.69) is 20.6 Å². The van der Waals surface area contributed by atoms with Gasteiger partial charge in [-0.05, 0) is 18.6 Å². The molecule has 1 aliphatic heterocycles. The molecular weight excluding hydrogens is 342 g/mol. The molecule has 1 aliphatic rings. The number of aromatic nitrogens is 1. The van der Waals surface area contributed by atoms with Gasteiger partial charge in [0.15, 0.2) is 0 Å². The molecule has 1 atom stereocenters. The zero-order chi connectivity index (χ0) is 18.2. The number of nitrogens with one attached hydrogen (secondary N) is 2. The first-order chi connectivity index (χ1) is 12.1. The number of aliphatic imine (C=N–C) groups is 1. The number of hydrogen-bond acceptors (Lipinski definition) is 6. The predicted octanol–water partition coefficient (Wildman–Crippen LogP) is 1.96. The molecule has 2 rings (SSSR count). The first-order valence-electron chi connectivity index (χ1n) is 8.27. The fourth-order valence-electron chi connectivity index (χ4n) is 2.44. The second kappa shape index (κ2) is 9.50. The van der Waals surface area contributed by atoms with Crippen molar-refractivity contribution in [3.63, 3.8) is 0 Å². The molecule has 1 amide bonds. The van der Waals surface area contributed by atoms with Crippen LogP contribution in [0.3, 0.4) is 0 Å². The van der Waals surface area contributed by atoms with Crippen LogP contribution in [0.4, 0.5) is 5.69 Å². The Morgan fingerprint density at radius 2 is 2.36 bits per heavy atom. The molecule has 7 nitrogen and oxygen atoms in total. The molecule has 0 spiro atoms. The first kappa shape index (κ1) is 19.4. The third-order valence-electron chi connectivity index (χ3n) is 3.79. The van der Waals surface area contributed by atoms with Gasteiger partial charge in [-0.15, -0.1) is 0 Å². The smallest absolute Gasteiger partial charge is 0.273 e. The van der Waals surface area contributed by atoms with Crippen LogP contribution in [0.1, 0.15) is 31.6 Å². The summed E-state index contributed by atoms with van der Waals surface area (Å²) >= 11 is 6.19. The molecule has 0 aromatic carbocycles. The van der Waals surface area contributed by atoms with Crippen LogP contribution in [0.15, 0.2) is 34.1 Å². The number of carbonyl (C=O) groups excluding carboxylic acids is 1. The van der Waals surface area contributed by atoms with E-state index in [0.717, 1.165) is 25.2 Å². The standard InChI is InChI=1S/C17H24ClN5O2/c1-3-4-13(20-2)15(18)16(19)17(24)23-11-5-6-12(22-9-11)14-10-21-7-8-25-14/h5-6,9,14,21H,3-4,7-8,10,19H2,1-2H3,(H,23,24)/b16-15+,20-13?/t14-/m0/s1. The summed E-state index contributed by atoms with van der Waals surface area (Å²) in [5, 5.41) is 6.13. The number of rotatable bonds is 6. The lowest BCUT2D eigenvalue weighted by atomic mass is 10.2. The fourth-order valence-corrected chi connectivity index (χ4v) is 2.70. The number of pyridine rings is 1. The highest BCUT2D eigenvalue weighted by molar-refractivity contribution is 6.45. The van der Waals surface area contributed by atoms with Crippen LogP contribution in [0, 0.1) is 0 Å². The van der Waals surface area contributed by atoms with Crippen LogP contribution < -0.4 is 16.4 Å². The maximum atomic E-state index is 12.3. The normalized spacial score (nSPS) is 19.3. The van der Waals surface area contributed by atoms with Gasteiger partial charge < -0.3 is 21.1 Å². The van der Waals surface area contributed by atoms with Crippen molar-refractivity contribution in [2.24, 2.45) is 10.7 Å². The van der Waals surface area contributed by atoms with E-state index in [4.69, 9.17) is 22.1 Å². The zero-order valence-electron chi connectivity index (χ0n) is 14.5. The van der Waals surface area contributed by atoms with Crippen molar-refractivity contribution >= 4 is 28.9 Å². The van der Waals surface area contributed by atoms with Crippen LogP contribution in [0.2, 0.25) is 0 Å². The average Bonchev–Trinajstić information content (AvgIpc) is 2.66. The Bertz CT molecular complexity index is 652. The van der Waals surface area contributed by atoms with Crippen LogP contribution in [0.25, 0.3) is 0 Å². The van der Waals surface area contributed by atoms with Crippen LogP contribution >= 0.6 is 11.6 Å². The van der Waals surface area contributed by atoms with Gasteiger partial charge in [0.05, 0.1) is 34.9 Å². The van der Waals surface area contributed by atoms with E-state index < -0.39 is 5.91 Å². The summed E-state index contributed by atoms with van der Waals surface area (Å²) < 4.78 is 5.65. The van der Waals surface area contributed by atoms with Crippen molar-refractivity contribution < 1.29 is 9.53 Å². The third kappa shape index (κ3) is 5.26. The van der Waals surface area contributed by atoms with E-state index in [-0.39, 0.29) is 16.8 Å². The van der Waals surface area contributed by atoms with E-state index in [1.54, 1.807) is 19.3 Å². The lowest BCUT2D eigenvalue weighted by Gasteiger charge is -2.23. The fraction of sp³-hybridized carbons (Fsp3) is 0.471. The third-order valence-corrected chi connectivity index (χ3v) is 4.21. The monoisotopic (exact) mass is 365 g/mol. The van der Waals surface area contributed by atoms with Gasteiger partial charge in [0.25, 0.3) is 5.91 Å². The number of halogens is 1. The molecule has 4 N–H and O–H groups in total. The van der Waals surface area contributed by atoms with E-state index in [9.17, 15) is 4.79 Å². The largest absolute Gasteiger partial charge is 0.393 e. The Morgan fingerprint density at radius 3 is 2.92 bits per heavy atom. The number of carbonyl (C=O) groups is 1. The minimum atomic E-state index is -0.479. The molecule has 2 heterocycles. The lowest BCUT2D eigenvalue weighted by Crippen LogP contribution is -2.33. The highest BCUT2D eigenvalue weighted by Gasteiger charge is 2.18. The quantitative estimate of drug-likeness (QED) is 0.528. The maximum Gasteiger partial charge on any atom is 0.273 e. The van der Waals surface area contributed by atoms with Crippen molar-refractivity contribution in [3.05, 3.63) is 34.8 Å². The summed E-state index contributed by atoms with van der Waals surface area (Å²) in [4.78, 5) is 20.7. The number of allylic oxidation sites excluding steroid dienone is 1. The first-order valence-corrected chi connectivity index (χ1v) is 8.65. The topological polar surface area (TPSA) is 102 Å². The molecule has 0 aliphatic carbocycles. The van der Waals surface area contributed by atoms with Gasteiger partial charge in [-0.2, -0.15) is 0 Å². The van der Waals surface area contributed by atoms with Crippen molar-refractivity contribution in [3.8, 4) is 0 Å². The molecule has 25 heavy (non-hydrogen) atoms. The van der Waals surface area contributed by atoms with Gasteiger partial charge in [0.1, 0.15) is 11.8 Å². The Balaban J connectivity index is 2.04. The summed E-state index contributed by atoms with van der Waals surface area (Å²) in [5.41, 5.74) is 7.78. The Morgan fingerprint density at radius 1 is 1.56 bits per heavy atom. The van der Waals surface area contributed by atoms with E-state index in [0.29, 0.717) is 24.4 Å². The zero-order valence-corrected chi connectivity index (χ0v) is 15.3. The van der Waals surface area contributed by atoms with E-state index in [1.807, 2.05) is 13.0 Å². The van der Waals surface area contributed by atoms with Crippen molar-refractivity contribution in [1.82, 2.24) is 10.3 Å². The van der Waals surface area contributed by atoms with Gasteiger partial charge in [-0.1, -0.05) is 24.9 Å². The number of morpholine rings is 1. The molecule has 1 aromatic heterocycles. The van der Waals surface area contributed by atoms with Gasteiger partial charge in [-0.3, -0.25) is 14.8 Å². The lowest BCUT2D eigenvalue weighted by molar-refractivity contribution is -0.112. The SMILES string of the molecule is CCCC(=NC)/C(Cl)=C(\N)C(=O)Nc1ccc([C@@H]2CNCCO2)nc1. The van der Waals surface area contributed by atoms with Crippen molar-refractivity contribution in [2.75, 3.05) is 32.1 Å². The minimum absolute atomic E-state index is 0.0559. The molecule has 1 fully saturated rings. The van der Waals surface area contributed by atoms with Crippen LogP contribution in [0.5, 0.6) is 0 Å². The van der Waals surface area contributed by atoms with Crippen LogP contribution in [-0.2, 0) is 9.53 Å². The summed E-state index contributed by atoms with van der Waals surface area (Å²) in [6, 6.07) is 3.59. The molecule has 0 unspecified atom stereocenters. The summed E-state index contributed by atoms with van der Waals surface area (Å²) in [6.45, 7) is 4.23. The van der Waals surface area contributed by atoms with Crippen molar-refractivity contribution in [1.29, 1.82) is 0 Å².